The van der Waals surface area contributed by atoms with Crippen molar-refractivity contribution in [2.75, 3.05) is 13.2 Å². The minimum absolute atomic E-state index is 0.0908. The molecule has 1 aliphatic carbocycles. The van der Waals surface area contributed by atoms with Gasteiger partial charge in [0.2, 0.25) is 0 Å². The number of aryl methyl sites for hydroxylation is 3. The van der Waals surface area contributed by atoms with E-state index in [1.807, 2.05) is 27.0 Å². The van der Waals surface area contributed by atoms with Crippen LogP contribution in [0.3, 0.4) is 0 Å². The summed E-state index contributed by atoms with van der Waals surface area (Å²) < 4.78 is 7.70. The number of ether oxygens (including phenoxy) is 1. The fourth-order valence-corrected chi connectivity index (χ4v) is 3.75. The molecule has 6 nitrogen and oxygen atoms in total. The molecule has 2 atom stereocenters. The Balaban J connectivity index is 1.63. The van der Waals surface area contributed by atoms with E-state index in [1.165, 1.54) is 19.3 Å². The van der Waals surface area contributed by atoms with Crippen LogP contribution in [0.4, 0.5) is 0 Å². The van der Waals surface area contributed by atoms with Gasteiger partial charge in [-0.05, 0) is 38.7 Å². The number of aromatic nitrogens is 3. The average molecular weight is 344 g/mol. The first-order valence-electron chi connectivity index (χ1n) is 9.18. The van der Waals surface area contributed by atoms with E-state index < -0.39 is 0 Å². The molecule has 1 aliphatic rings. The molecule has 0 radical (unpaired) electrons. The van der Waals surface area contributed by atoms with E-state index in [1.54, 1.807) is 4.68 Å². The lowest BCUT2D eigenvalue weighted by atomic mass is 9.88. The SMILES string of the molecule is Cc1cc(C(=O)NCCO[C@H]2CCCC[C@H]2C)c2c(C)nn(C)c2n1. The third kappa shape index (κ3) is 3.84. The summed E-state index contributed by atoms with van der Waals surface area (Å²) in [6.45, 7) is 7.13. The van der Waals surface area contributed by atoms with Crippen LogP contribution in [0.1, 0.15) is 54.4 Å². The summed E-state index contributed by atoms with van der Waals surface area (Å²) >= 11 is 0. The maximum absolute atomic E-state index is 12.7. The minimum atomic E-state index is -0.0908. The predicted octanol–water partition coefficient (Wildman–Crippen LogP) is 2.91. The van der Waals surface area contributed by atoms with Crippen molar-refractivity contribution in [3.05, 3.63) is 23.0 Å². The fourth-order valence-electron chi connectivity index (χ4n) is 3.75. The van der Waals surface area contributed by atoms with Gasteiger partial charge in [-0.25, -0.2) is 4.98 Å². The van der Waals surface area contributed by atoms with Gasteiger partial charge >= 0.3 is 0 Å². The molecular weight excluding hydrogens is 316 g/mol. The van der Waals surface area contributed by atoms with Crippen molar-refractivity contribution in [2.24, 2.45) is 13.0 Å². The number of fused-ring (bicyclic) bond motifs is 1. The molecule has 0 aliphatic heterocycles. The summed E-state index contributed by atoms with van der Waals surface area (Å²) in [5.74, 6) is 0.525. The highest BCUT2D eigenvalue weighted by atomic mass is 16.5. The van der Waals surface area contributed by atoms with Gasteiger partial charge in [-0.2, -0.15) is 5.10 Å². The van der Waals surface area contributed by atoms with Gasteiger partial charge in [0, 0.05) is 19.3 Å². The number of amides is 1. The van der Waals surface area contributed by atoms with Gasteiger partial charge in [-0.1, -0.05) is 19.8 Å². The van der Waals surface area contributed by atoms with Crippen LogP contribution >= 0.6 is 0 Å². The van der Waals surface area contributed by atoms with Crippen molar-refractivity contribution in [1.29, 1.82) is 0 Å². The topological polar surface area (TPSA) is 69.0 Å². The summed E-state index contributed by atoms with van der Waals surface area (Å²) in [5, 5.41) is 8.20. The lowest BCUT2D eigenvalue weighted by Gasteiger charge is -2.28. The molecule has 2 heterocycles. The molecule has 0 aromatic carbocycles. The van der Waals surface area contributed by atoms with Gasteiger partial charge in [0.1, 0.15) is 0 Å². The Labute approximate surface area is 149 Å². The zero-order valence-electron chi connectivity index (χ0n) is 15.6. The number of hydrogen-bond acceptors (Lipinski definition) is 4. The number of pyridine rings is 1. The highest BCUT2D eigenvalue weighted by molar-refractivity contribution is 6.06. The Bertz CT molecular complexity index is 768. The molecule has 0 saturated heterocycles. The molecule has 1 fully saturated rings. The molecule has 3 rings (SSSR count). The number of nitrogens with zero attached hydrogens (tertiary/aromatic N) is 3. The molecule has 2 aromatic heterocycles. The molecule has 1 saturated carbocycles. The van der Waals surface area contributed by atoms with E-state index in [-0.39, 0.29) is 5.91 Å². The largest absolute Gasteiger partial charge is 0.376 e. The first-order chi connectivity index (χ1) is 12.0. The van der Waals surface area contributed by atoms with Crippen molar-refractivity contribution in [1.82, 2.24) is 20.1 Å². The monoisotopic (exact) mass is 344 g/mol. The smallest absolute Gasteiger partial charge is 0.252 e. The minimum Gasteiger partial charge on any atom is -0.376 e. The lowest BCUT2D eigenvalue weighted by molar-refractivity contribution is -0.00293. The standard InChI is InChI=1S/C19H28N4O2/c1-12-7-5-6-8-16(12)25-10-9-20-19(24)15-11-13(2)21-18-17(15)14(3)22-23(18)4/h11-12,16H,5-10H2,1-4H3,(H,20,24)/t12-,16+/m1/s1. The molecule has 0 bridgehead atoms. The van der Waals surface area contributed by atoms with E-state index in [2.05, 4.69) is 22.3 Å². The van der Waals surface area contributed by atoms with Crippen LogP contribution < -0.4 is 5.32 Å². The molecule has 1 N–H and O–H groups in total. The number of rotatable bonds is 5. The van der Waals surface area contributed by atoms with Crippen LogP contribution in [-0.2, 0) is 11.8 Å². The van der Waals surface area contributed by atoms with Crippen LogP contribution in [0.25, 0.3) is 11.0 Å². The predicted molar refractivity (Wildman–Crippen MR) is 97.7 cm³/mol. The second-order valence-electron chi connectivity index (χ2n) is 7.15. The number of nitrogens with one attached hydrogen (secondary N) is 1. The summed E-state index contributed by atoms with van der Waals surface area (Å²) in [6, 6.07) is 1.83. The van der Waals surface area contributed by atoms with Crippen molar-refractivity contribution >= 4 is 16.9 Å². The van der Waals surface area contributed by atoms with Crippen molar-refractivity contribution in [2.45, 2.75) is 52.6 Å². The van der Waals surface area contributed by atoms with E-state index in [0.29, 0.717) is 30.7 Å². The maximum Gasteiger partial charge on any atom is 0.252 e. The molecule has 1 amide bonds. The first kappa shape index (κ1) is 17.9. The fraction of sp³-hybridized carbons (Fsp3) is 0.632. The van der Waals surface area contributed by atoms with Gasteiger partial charge < -0.3 is 10.1 Å². The number of hydrogen-bond donors (Lipinski definition) is 1. The van der Waals surface area contributed by atoms with Crippen molar-refractivity contribution < 1.29 is 9.53 Å². The Morgan fingerprint density at radius 1 is 1.36 bits per heavy atom. The van der Waals surface area contributed by atoms with Gasteiger partial charge in [0.05, 0.1) is 29.4 Å². The van der Waals surface area contributed by atoms with Crippen LogP contribution in [0, 0.1) is 19.8 Å². The average Bonchev–Trinajstić information content (AvgIpc) is 2.86. The van der Waals surface area contributed by atoms with Gasteiger partial charge in [0.25, 0.3) is 5.91 Å². The summed E-state index contributed by atoms with van der Waals surface area (Å²) in [5.41, 5.74) is 3.02. The van der Waals surface area contributed by atoms with Crippen molar-refractivity contribution in [3.63, 3.8) is 0 Å². The zero-order chi connectivity index (χ0) is 18.0. The normalized spacial score (nSPS) is 20.8. The molecule has 136 valence electrons. The summed E-state index contributed by atoms with van der Waals surface area (Å²) in [4.78, 5) is 17.2. The first-order valence-corrected chi connectivity index (χ1v) is 9.18. The van der Waals surface area contributed by atoms with E-state index in [0.717, 1.165) is 28.8 Å². The van der Waals surface area contributed by atoms with Gasteiger partial charge in [-0.3, -0.25) is 9.48 Å². The Kier molecular flexibility index (Phi) is 5.37. The summed E-state index contributed by atoms with van der Waals surface area (Å²) in [6.07, 6.45) is 5.26. The highest BCUT2D eigenvalue weighted by Gasteiger charge is 2.22. The Morgan fingerprint density at radius 3 is 2.88 bits per heavy atom. The quantitative estimate of drug-likeness (QED) is 0.847. The van der Waals surface area contributed by atoms with E-state index in [4.69, 9.17) is 4.74 Å². The van der Waals surface area contributed by atoms with E-state index in [9.17, 15) is 4.79 Å². The third-order valence-electron chi connectivity index (χ3n) is 5.09. The maximum atomic E-state index is 12.7. The van der Waals surface area contributed by atoms with Crippen molar-refractivity contribution in [3.8, 4) is 0 Å². The van der Waals surface area contributed by atoms with E-state index >= 15 is 0 Å². The second-order valence-corrected chi connectivity index (χ2v) is 7.15. The zero-order valence-corrected chi connectivity index (χ0v) is 15.6. The van der Waals surface area contributed by atoms with Gasteiger partial charge in [-0.15, -0.1) is 0 Å². The molecule has 25 heavy (non-hydrogen) atoms. The van der Waals surface area contributed by atoms with Crippen LogP contribution in [0.5, 0.6) is 0 Å². The third-order valence-corrected chi connectivity index (χ3v) is 5.09. The summed E-state index contributed by atoms with van der Waals surface area (Å²) in [7, 11) is 1.85. The van der Waals surface area contributed by atoms with Crippen LogP contribution in [0.15, 0.2) is 6.07 Å². The number of carbonyl (C=O) groups excluding carboxylic acids is 1. The molecule has 6 heteroatoms. The Morgan fingerprint density at radius 2 is 2.12 bits per heavy atom. The number of carbonyl (C=O) groups is 1. The second kappa shape index (κ2) is 7.52. The molecule has 0 spiro atoms. The van der Waals surface area contributed by atoms with Crippen LogP contribution in [-0.4, -0.2) is 39.9 Å². The highest BCUT2D eigenvalue weighted by Crippen LogP contribution is 2.26. The Hall–Kier alpha value is -1.95. The molecular formula is C19H28N4O2. The lowest BCUT2D eigenvalue weighted by Crippen LogP contribution is -2.32. The molecule has 2 aromatic rings. The molecule has 0 unspecified atom stereocenters. The van der Waals surface area contributed by atoms with Crippen LogP contribution in [0.2, 0.25) is 0 Å². The van der Waals surface area contributed by atoms with Gasteiger partial charge in [0.15, 0.2) is 5.65 Å².